The number of primary amides is 1. The second-order valence-corrected chi connectivity index (χ2v) is 3.01. The second-order valence-electron chi connectivity index (χ2n) is 3.01. The van der Waals surface area contributed by atoms with Crippen molar-refractivity contribution >= 4 is 11.9 Å². The van der Waals surface area contributed by atoms with Crippen LogP contribution in [0.3, 0.4) is 0 Å². The SMILES string of the molecule is NC(=O)C1=CC=CN(CCC(=O)O)C1. The number of carboxylic acid groups (broad SMARTS) is 1. The molecule has 5 nitrogen and oxygen atoms in total. The van der Waals surface area contributed by atoms with Crippen molar-refractivity contribution in [3.05, 3.63) is 23.9 Å². The number of allylic oxidation sites excluding steroid dienone is 2. The largest absolute Gasteiger partial charge is 0.481 e. The van der Waals surface area contributed by atoms with Crippen molar-refractivity contribution in [1.82, 2.24) is 4.90 Å². The van der Waals surface area contributed by atoms with Crippen LogP contribution in [0.2, 0.25) is 0 Å². The van der Waals surface area contributed by atoms with Gasteiger partial charge in [0.1, 0.15) is 0 Å². The van der Waals surface area contributed by atoms with E-state index in [9.17, 15) is 9.59 Å². The Labute approximate surface area is 81.5 Å². The summed E-state index contributed by atoms with van der Waals surface area (Å²) in [5.74, 6) is -1.32. The van der Waals surface area contributed by atoms with Crippen LogP contribution in [0.5, 0.6) is 0 Å². The molecule has 5 heteroatoms. The lowest BCUT2D eigenvalue weighted by molar-refractivity contribution is -0.137. The van der Waals surface area contributed by atoms with E-state index in [1.165, 1.54) is 0 Å². The molecule has 1 aliphatic heterocycles. The molecule has 0 fully saturated rings. The molecule has 0 aromatic heterocycles. The first-order valence-corrected chi connectivity index (χ1v) is 4.22. The number of hydrogen-bond acceptors (Lipinski definition) is 3. The van der Waals surface area contributed by atoms with Gasteiger partial charge in [-0.25, -0.2) is 0 Å². The van der Waals surface area contributed by atoms with Gasteiger partial charge in [-0.2, -0.15) is 0 Å². The summed E-state index contributed by atoms with van der Waals surface area (Å²) in [6.07, 6.45) is 5.12. The summed E-state index contributed by atoms with van der Waals surface area (Å²) in [6, 6.07) is 0. The summed E-state index contributed by atoms with van der Waals surface area (Å²) >= 11 is 0. The predicted octanol–water partition coefficient (Wildman–Crippen LogP) is -0.298. The molecular formula is C9H12N2O3. The number of amides is 1. The van der Waals surface area contributed by atoms with E-state index in [1.54, 1.807) is 23.3 Å². The van der Waals surface area contributed by atoms with Crippen LogP contribution in [0.15, 0.2) is 23.9 Å². The van der Waals surface area contributed by atoms with Crippen molar-refractivity contribution in [1.29, 1.82) is 0 Å². The Morgan fingerprint density at radius 1 is 1.57 bits per heavy atom. The number of carboxylic acids is 1. The summed E-state index contributed by atoms with van der Waals surface area (Å²) < 4.78 is 0. The molecular weight excluding hydrogens is 184 g/mol. The topological polar surface area (TPSA) is 83.6 Å². The number of aliphatic carboxylic acids is 1. The van der Waals surface area contributed by atoms with Gasteiger partial charge in [0, 0.05) is 18.7 Å². The minimum atomic E-state index is -0.853. The minimum absolute atomic E-state index is 0.0520. The number of rotatable bonds is 4. The fraction of sp³-hybridized carbons (Fsp3) is 0.333. The molecule has 1 rings (SSSR count). The summed E-state index contributed by atoms with van der Waals surface area (Å²) in [6.45, 7) is 0.773. The monoisotopic (exact) mass is 196 g/mol. The molecule has 1 amide bonds. The van der Waals surface area contributed by atoms with E-state index >= 15 is 0 Å². The number of nitrogens with zero attached hydrogens (tertiary/aromatic N) is 1. The number of carbonyl (C=O) groups excluding carboxylic acids is 1. The van der Waals surface area contributed by atoms with Crippen LogP contribution in [0.4, 0.5) is 0 Å². The zero-order chi connectivity index (χ0) is 10.6. The van der Waals surface area contributed by atoms with Gasteiger partial charge in [0.05, 0.1) is 6.42 Å². The summed E-state index contributed by atoms with van der Waals surface area (Å²) in [5.41, 5.74) is 5.60. The maximum Gasteiger partial charge on any atom is 0.305 e. The van der Waals surface area contributed by atoms with E-state index in [-0.39, 0.29) is 6.42 Å². The molecule has 0 radical (unpaired) electrons. The average molecular weight is 196 g/mol. The van der Waals surface area contributed by atoms with Crippen molar-refractivity contribution in [3.63, 3.8) is 0 Å². The first kappa shape index (κ1) is 10.3. The Hall–Kier alpha value is -1.78. The first-order chi connectivity index (χ1) is 6.59. The van der Waals surface area contributed by atoms with E-state index in [1.807, 2.05) is 0 Å². The molecule has 0 spiro atoms. The van der Waals surface area contributed by atoms with E-state index in [0.717, 1.165) is 0 Å². The Morgan fingerprint density at radius 3 is 2.86 bits per heavy atom. The third-order valence-corrected chi connectivity index (χ3v) is 1.90. The van der Waals surface area contributed by atoms with E-state index in [4.69, 9.17) is 10.8 Å². The molecule has 1 heterocycles. The molecule has 0 atom stereocenters. The van der Waals surface area contributed by atoms with Crippen molar-refractivity contribution in [3.8, 4) is 0 Å². The van der Waals surface area contributed by atoms with Crippen molar-refractivity contribution in [2.45, 2.75) is 6.42 Å². The van der Waals surface area contributed by atoms with E-state index in [0.29, 0.717) is 18.7 Å². The molecule has 1 aliphatic rings. The van der Waals surface area contributed by atoms with Gasteiger partial charge in [-0.1, -0.05) is 6.08 Å². The zero-order valence-electron chi connectivity index (χ0n) is 7.64. The van der Waals surface area contributed by atoms with Gasteiger partial charge in [0.15, 0.2) is 0 Å². The van der Waals surface area contributed by atoms with Crippen LogP contribution in [0.25, 0.3) is 0 Å². The Morgan fingerprint density at radius 2 is 2.29 bits per heavy atom. The van der Waals surface area contributed by atoms with Crippen LogP contribution in [-0.4, -0.2) is 35.0 Å². The van der Waals surface area contributed by atoms with Gasteiger partial charge in [0.2, 0.25) is 5.91 Å². The summed E-state index contributed by atoms with van der Waals surface area (Å²) in [5, 5.41) is 8.46. The Balaban J connectivity index is 2.46. The van der Waals surface area contributed by atoms with Crippen LogP contribution in [0.1, 0.15) is 6.42 Å². The third kappa shape index (κ3) is 2.93. The molecule has 0 bridgehead atoms. The highest BCUT2D eigenvalue weighted by Gasteiger charge is 2.12. The van der Waals surface area contributed by atoms with Gasteiger partial charge in [0.25, 0.3) is 0 Å². The van der Waals surface area contributed by atoms with Gasteiger partial charge in [-0.05, 0) is 12.3 Å². The van der Waals surface area contributed by atoms with Crippen LogP contribution in [-0.2, 0) is 9.59 Å². The predicted molar refractivity (Wildman–Crippen MR) is 50.2 cm³/mol. The number of hydrogen-bond donors (Lipinski definition) is 2. The van der Waals surface area contributed by atoms with Gasteiger partial charge >= 0.3 is 5.97 Å². The molecule has 0 unspecified atom stereocenters. The van der Waals surface area contributed by atoms with E-state index < -0.39 is 11.9 Å². The van der Waals surface area contributed by atoms with Crippen LogP contribution in [0, 0.1) is 0 Å². The smallest absolute Gasteiger partial charge is 0.305 e. The van der Waals surface area contributed by atoms with Gasteiger partial charge in [-0.3, -0.25) is 9.59 Å². The van der Waals surface area contributed by atoms with Crippen LogP contribution >= 0.6 is 0 Å². The minimum Gasteiger partial charge on any atom is -0.481 e. The van der Waals surface area contributed by atoms with Gasteiger partial charge < -0.3 is 15.7 Å². The average Bonchev–Trinajstić information content (AvgIpc) is 2.15. The lowest BCUT2D eigenvalue weighted by atomic mass is 10.1. The molecule has 0 aliphatic carbocycles. The fourth-order valence-corrected chi connectivity index (χ4v) is 1.16. The lowest BCUT2D eigenvalue weighted by Crippen LogP contribution is -2.30. The van der Waals surface area contributed by atoms with Crippen LogP contribution < -0.4 is 5.73 Å². The standard InChI is InChI=1S/C9H12N2O3/c10-9(14)7-2-1-4-11(6-7)5-3-8(12)13/h1-2,4H,3,5-6H2,(H2,10,14)(H,12,13). The van der Waals surface area contributed by atoms with Crippen molar-refractivity contribution in [2.24, 2.45) is 5.73 Å². The Bertz CT molecular complexity index is 307. The molecule has 0 saturated heterocycles. The summed E-state index contributed by atoms with van der Waals surface area (Å²) in [4.78, 5) is 22.9. The maximum absolute atomic E-state index is 10.8. The molecule has 3 N–H and O–H groups in total. The second kappa shape index (κ2) is 4.45. The molecule has 14 heavy (non-hydrogen) atoms. The molecule has 76 valence electrons. The maximum atomic E-state index is 10.8. The normalized spacial score (nSPS) is 15.1. The lowest BCUT2D eigenvalue weighted by Gasteiger charge is -2.22. The molecule has 0 aromatic carbocycles. The summed E-state index contributed by atoms with van der Waals surface area (Å²) in [7, 11) is 0. The molecule has 0 saturated carbocycles. The highest BCUT2D eigenvalue weighted by atomic mass is 16.4. The number of carbonyl (C=O) groups is 2. The quantitative estimate of drug-likeness (QED) is 0.646. The van der Waals surface area contributed by atoms with Crippen molar-refractivity contribution < 1.29 is 14.7 Å². The highest BCUT2D eigenvalue weighted by Crippen LogP contribution is 2.07. The zero-order valence-corrected chi connectivity index (χ0v) is 7.64. The number of nitrogens with two attached hydrogens (primary N) is 1. The van der Waals surface area contributed by atoms with Gasteiger partial charge in [-0.15, -0.1) is 0 Å². The van der Waals surface area contributed by atoms with Crippen molar-refractivity contribution in [2.75, 3.05) is 13.1 Å². The van der Waals surface area contributed by atoms with E-state index in [2.05, 4.69) is 0 Å². The fourth-order valence-electron chi connectivity index (χ4n) is 1.16. The third-order valence-electron chi connectivity index (χ3n) is 1.90. The first-order valence-electron chi connectivity index (χ1n) is 4.22. The Kier molecular flexibility index (Phi) is 3.28. The highest BCUT2D eigenvalue weighted by molar-refractivity contribution is 5.92. The molecule has 0 aromatic rings.